The van der Waals surface area contributed by atoms with Crippen LogP contribution in [0.1, 0.15) is 131 Å². The van der Waals surface area contributed by atoms with Crippen LogP contribution in [0.4, 0.5) is 0 Å². The minimum absolute atomic E-state index is 0.0278. The van der Waals surface area contributed by atoms with Crippen molar-refractivity contribution in [3.8, 4) is 0 Å². The van der Waals surface area contributed by atoms with Crippen molar-refractivity contribution >= 4 is 0 Å². The molecule has 4 rings (SSSR count). The van der Waals surface area contributed by atoms with E-state index < -0.39 is 36.5 Å². The Bertz CT molecular complexity index is 2530. The summed E-state index contributed by atoms with van der Waals surface area (Å²) >= 11 is 0. The molecule has 39 nitrogen and oxygen atoms in total. The summed E-state index contributed by atoms with van der Waals surface area (Å²) in [5.74, 6) is 4.15. The zero-order chi connectivity index (χ0) is 92.3. The van der Waals surface area contributed by atoms with Gasteiger partial charge in [0.05, 0.1) is 221 Å². The first-order valence-electron chi connectivity index (χ1n) is 42.9. The molecule has 1 aliphatic rings. The Kier molecular flexibility index (Phi) is 87.4. The van der Waals surface area contributed by atoms with Crippen LogP contribution in [0.3, 0.4) is 0 Å². The number of aliphatic hydroxyl groups is 8. The molecule has 0 aromatic carbocycles. The highest BCUT2D eigenvalue weighted by Gasteiger charge is 2.50. The Morgan fingerprint density at radius 2 is 0.642 bits per heavy atom. The van der Waals surface area contributed by atoms with Crippen molar-refractivity contribution in [2.24, 2.45) is 41.4 Å². The van der Waals surface area contributed by atoms with Crippen molar-refractivity contribution in [2.75, 3.05) is 244 Å². The number of ether oxygens (including phenoxy) is 14. The number of hydrogen-bond acceptors (Lipinski definition) is 36. The lowest BCUT2D eigenvalue weighted by molar-refractivity contribution is -0.340. The Morgan fingerprint density at radius 1 is 0.333 bits per heavy atom. The van der Waals surface area contributed by atoms with E-state index in [-0.39, 0.29) is 250 Å². The molecule has 3 aromatic heterocycles. The number of aliphatic hydroxyl groups excluding tert-OH is 8. The molecule has 0 saturated carbocycles. The van der Waals surface area contributed by atoms with Crippen molar-refractivity contribution < 1.29 is 146 Å². The van der Waals surface area contributed by atoms with Crippen LogP contribution >= 0.6 is 0 Å². The molecule has 0 radical (unpaired) electrons. The fourth-order valence-corrected chi connectivity index (χ4v) is 11.8. The van der Waals surface area contributed by atoms with Gasteiger partial charge in [-0.15, -0.1) is 67.9 Å². The van der Waals surface area contributed by atoms with E-state index >= 15 is 0 Å². The summed E-state index contributed by atoms with van der Waals surface area (Å²) < 4.78 is 88.2. The molecule has 3 aromatic rings. The second-order valence-corrected chi connectivity index (χ2v) is 28.3. The molecule has 5 atom stereocenters. The third-order valence-corrected chi connectivity index (χ3v) is 17.4. The van der Waals surface area contributed by atoms with E-state index in [1.807, 2.05) is 30.9 Å². The number of unbranched alkanes of at least 4 members (excludes halogenated alkanes) is 1. The van der Waals surface area contributed by atoms with E-state index in [0.29, 0.717) is 97.6 Å². The van der Waals surface area contributed by atoms with Crippen LogP contribution in [0.5, 0.6) is 0 Å². The quantitative estimate of drug-likeness (QED) is 0.0144. The number of aryl methyl sites for hydroxylation is 2. The third-order valence-electron chi connectivity index (χ3n) is 17.4. The maximum Gasteiger partial charge on any atom is 0.161 e. The smallest absolute Gasteiger partial charge is 0.161 e. The van der Waals surface area contributed by atoms with E-state index in [2.05, 4.69) is 153 Å². The van der Waals surface area contributed by atoms with Gasteiger partial charge in [-0.05, 0) is 67.1 Å². The molecule has 1 saturated heterocycles. The first-order chi connectivity index (χ1) is 60.0. The molecule has 123 heavy (non-hydrogen) atoms. The van der Waals surface area contributed by atoms with Crippen molar-refractivity contribution in [3.63, 3.8) is 0 Å². The van der Waals surface area contributed by atoms with Crippen LogP contribution in [-0.4, -0.2) is 367 Å². The van der Waals surface area contributed by atoms with Crippen LogP contribution in [0.25, 0.3) is 0 Å². The average Bonchev–Trinajstić information content (AvgIpc) is 1.54. The third kappa shape index (κ3) is 61.4. The van der Waals surface area contributed by atoms with E-state index in [9.17, 15) is 0 Å². The number of nitrogens with zero attached hydrogens (tertiary/aromatic N) is 9. The number of aromatic nitrogens is 9. The van der Waals surface area contributed by atoms with Crippen LogP contribution in [0.2, 0.25) is 0 Å². The average molecular weight is 1780 g/mol. The van der Waals surface area contributed by atoms with Crippen LogP contribution in [-0.2, 0) is 125 Å². The highest BCUT2D eigenvalue weighted by atomic mass is 17.2. The Labute approximate surface area is 732 Å². The molecule has 0 spiro atoms. The maximum absolute atomic E-state index is 9.11. The minimum Gasteiger partial charge on any atom is -0.394 e. The Hall–Kier alpha value is -4.82. The first-order valence-corrected chi connectivity index (χ1v) is 42.9. The summed E-state index contributed by atoms with van der Waals surface area (Å²) in [4.78, 5) is 40.6. The zero-order valence-corrected chi connectivity index (χ0v) is 76.4. The fraction of sp³-hybridized carbons (Fsp3) is 0.833. The highest BCUT2D eigenvalue weighted by Crippen LogP contribution is 2.48. The van der Waals surface area contributed by atoms with Gasteiger partial charge < -0.3 is 107 Å². The molecule has 1 fully saturated rings. The number of hydrogen-bond donors (Lipinski definition) is 8. The summed E-state index contributed by atoms with van der Waals surface area (Å²) in [5, 5.41) is 99.1. The standard InChI is InChI=1S/C50H96N6O28.C24H45N3O2.C2H6.4C2H4/c57-5-13-65-21-25-69-35-47(36-70-26-22-66-14-6-58)73-31-45(32-74-48(37-71-27-23-67-15-7-59)38-72-28-24-68-16-8-60)55-29-43(51-53-55)3-1-2-4-44-30-56(54-52-44)46(33-75-49(39-81-77-17-9-61)40-82-78-18-10-62)34-76-50(41-83-79-19-11-63)42-84-80-20-12-64;1-14(2)19-13-27(26-25-19)11-12-28-24-22(17(7)8)20(15(3)4)21(16(5)6)23(29-24)18(9)10;5*1-2/h29-30,45-50,57-64H,1-28,31-42H2;13-18,20-24H,11-12H2,1-10H3;1-2H3;4*1-2H2. The molecule has 724 valence electrons. The molecule has 0 amide bonds. The van der Waals surface area contributed by atoms with E-state index in [4.69, 9.17) is 146 Å². The van der Waals surface area contributed by atoms with Crippen molar-refractivity contribution in [1.29, 1.82) is 0 Å². The predicted molar refractivity (Wildman–Crippen MR) is 459 cm³/mol. The highest BCUT2D eigenvalue weighted by molar-refractivity contribution is 4.99. The molecular formula is C84H163N9O30. The molecule has 5 unspecified atom stereocenters. The predicted octanol–water partition coefficient (Wildman–Crippen LogP) is 5.77. The fourth-order valence-electron chi connectivity index (χ4n) is 11.8. The van der Waals surface area contributed by atoms with Gasteiger partial charge in [0, 0.05) is 24.5 Å². The van der Waals surface area contributed by atoms with E-state index in [1.165, 1.54) is 0 Å². The lowest BCUT2D eigenvalue weighted by atomic mass is 9.62. The van der Waals surface area contributed by atoms with Crippen molar-refractivity contribution in [1.82, 2.24) is 45.0 Å². The van der Waals surface area contributed by atoms with Gasteiger partial charge in [-0.2, -0.15) is 0 Å². The summed E-state index contributed by atoms with van der Waals surface area (Å²) in [6.07, 6.45) is 5.57. The maximum atomic E-state index is 9.11. The molecule has 0 bridgehead atoms. The monoisotopic (exact) mass is 1780 g/mol. The van der Waals surface area contributed by atoms with Crippen molar-refractivity contribution in [2.45, 2.75) is 170 Å². The van der Waals surface area contributed by atoms with E-state index in [1.54, 1.807) is 15.6 Å². The lowest BCUT2D eigenvalue weighted by Gasteiger charge is -2.53. The van der Waals surface area contributed by atoms with Crippen molar-refractivity contribution in [3.05, 3.63) is 88.3 Å². The van der Waals surface area contributed by atoms with Gasteiger partial charge in [-0.1, -0.05) is 98.7 Å². The first kappa shape index (κ1) is 122. The van der Waals surface area contributed by atoms with E-state index in [0.717, 1.165) is 5.69 Å². The van der Waals surface area contributed by atoms with Gasteiger partial charge in [-0.25, -0.2) is 53.1 Å². The molecule has 0 aliphatic carbocycles. The SMILES string of the molecule is C=C.C=C.C=C.C=C.CC.CC(C)c1cn(CCOC2OC(C(C)C)C(C(C)C)C(C(C)C)C2C(C)C)nn1.OCCOCCOCC(COCCOCCO)OCC(COC(COCCOCCO)COCCOCCO)n1cc(CCCCc2cn(C(COC(COOCCO)COOCCO)COC(COOCCO)COOCCO)nn2)nn1. The van der Waals surface area contributed by atoms with Gasteiger partial charge in [0.1, 0.15) is 89.4 Å². The normalized spacial score (nSPS) is 15.2. The largest absolute Gasteiger partial charge is 0.394 e. The summed E-state index contributed by atoms with van der Waals surface area (Å²) in [7, 11) is 0. The summed E-state index contributed by atoms with van der Waals surface area (Å²) in [6, 6.07) is -1.13. The molecule has 39 heteroatoms. The molecule has 1 aliphatic heterocycles. The van der Waals surface area contributed by atoms with Gasteiger partial charge in [0.25, 0.3) is 0 Å². The van der Waals surface area contributed by atoms with Gasteiger partial charge in [0.15, 0.2) is 6.29 Å². The Balaban J connectivity index is -0.00000305. The molecular weight excluding hydrogens is 1610 g/mol. The lowest BCUT2D eigenvalue weighted by Crippen LogP contribution is -2.55. The summed E-state index contributed by atoms with van der Waals surface area (Å²) in [6.45, 7) is 53.5. The van der Waals surface area contributed by atoms with Gasteiger partial charge in [-0.3, -0.25) is 0 Å². The zero-order valence-electron chi connectivity index (χ0n) is 76.4. The second kappa shape index (κ2) is 87.8. The van der Waals surface area contributed by atoms with Gasteiger partial charge >= 0.3 is 0 Å². The number of rotatable bonds is 76. The van der Waals surface area contributed by atoms with Crippen LogP contribution < -0.4 is 0 Å². The second-order valence-electron chi connectivity index (χ2n) is 28.3. The Morgan fingerprint density at radius 3 is 0.927 bits per heavy atom. The van der Waals surface area contributed by atoms with Gasteiger partial charge in [0.2, 0.25) is 0 Å². The van der Waals surface area contributed by atoms with Crippen LogP contribution in [0, 0.1) is 41.4 Å². The minimum atomic E-state index is -0.762. The molecule has 8 N–H and O–H groups in total. The topological polar surface area (TPSA) is 457 Å². The molecule has 4 heterocycles. The van der Waals surface area contributed by atoms with Crippen LogP contribution in [0.15, 0.2) is 71.2 Å². The summed E-state index contributed by atoms with van der Waals surface area (Å²) in [5.41, 5.74) is 2.40.